The molecule has 8 heteroatoms. The Labute approximate surface area is 126 Å². The highest BCUT2D eigenvalue weighted by Crippen LogP contribution is 2.26. The van der Waals surface area contributed by atoms with Crippen molar-refractivity contribution in [1.29, 1.82) is 0 Å². The molecule has 0 fully saturated rings. The first-order valence-electron chi connectivity index (χ1n) is 7.08. The molecule has 1 amide bonds. The number of hydrogen-bond acceptors (Lipinski definition) is 5. The average Bonchev–Trinajstić information content (AvgIpc) is 2.38. The van der Waals surface area contributed by atoms with E-state index in [9.17, 15) is 14.7 Å². The second kappa shape index (κ2) is 9.67. The SMILES string of the molecule is CCCC(C(=O)O)=C(C(N)=O)[Si](OCC)(OCC)OCC. The van der Waals surface area contributed by atoms with Crippen LogP contribution < -0.4 is 5.73 Å². The standard InChI is InChI=1S/C13H25NO6Si/c1-5-9-10(13(16)17)11(12(14)15)21(18-6-2,19-7-3)20-8-4/h5-9H2,1-4H3,(H2,14,15)(H,16,17). The summed E-state index contributed by atoms with van der Waals surface area (Å²) in [6, 6.07) is 0. The van der Waals surface area contributed by atoms with Crippen molar-refractivity contribution in [3.05, 3.63) is 10.8 Å². The van der Waals surface area contributed by atoms with E-state index in [1.54, 1.807) is 20.8 Å². The number of carboxylic acids is 1. The number of aliphatic carboxylic acids is 1. The Morgan fingerprint density at radius 1 is 1.00 bits per heavy atom. The lowest BCUT2D eigenvalue weighted by atomic mass is 10.1. The Hall–Kier alpha value is -1.22. The Bertz CT molecular complexity index is 379. The molecule has 0 aliphatic rings. The smallest absolute Gasteiger partial charge is 0.478 e. The van der Waals surface area contributed by atoms with E-state index in [0.29, 0.717) is 6.42 Å². The highest BCUT2D eigenvalue weighted by molar-refractivity contribution is 6.75. The van der Waals surface area contributed by atoms with Gasteiger partial charge >= 0.3 is 14.8 Å². The minimum absolute atomic E-state index is 0.0907. The van der Waals surface area contributed by atoms with Crippen molar-refractivity contribution in [3.63, 3.8) is 0 Å². The number of amides is 1. The molecule has 0 aromatic heterocycles. The van der Waals surface area contributed by atoms with Gasteiger partial charge in [0, 0.05) is 25.4 Å². The summed E-state index contributed by atoms with van der Waals surface area (Å²) in [5.41, 5.74) is 5.33. The van der Waals surface area contributed by atoms with Crippen molar-refractivity contribution < 1.29 is 28.0 Å². The van der Waals surface area contributed by atoms with Gasteiger partial charge in [-0.05, 0) is 27.2 Å². The molecule has 0 unspecified atom stereocenters. The minimum atomic E-state index is -3.63. The summed E-state index contributed by atoms with van der Waals surface area (Å²) in [7, 11) is -3.63. The first kappa shape index (κ1) is 19.8. The number of rotatable bonds is 11. The van der Waals surface area contributed by atoms with Crippen molar-refractivity contribution in [2.24, 2.45) is 5.73 Å². The van der Waals surface area contributed by atoms with Crippen LogP contribution in [0.1, 0.15) is 40.5 Å². The molecule has 122 valence electrons. The average molecular weight is 319 g/mol. The highest BCUT2D eigenvalue weighted by Gasteiger charge is 2.50. The predicted octanol–water partition coefficient (Wildman–Crippen LogP) is 1.24. The fraction of sp³-hybridized carbons (Fsp3) is 0.692. The van der Waals surface area contributed by atoms with Gasteiger partial charge in [-0.15, -0.1) is 0 Å². The minimum Gasteiger partial charge on any atom is -0.478 e. The molecule has 0 radical (unpaired) electrons. The van der Waals surface area contributed by atoms with E-state index in [4.69, 9.17) is 19.0 Å². The molecule has 7 nitrogen and oxygen atoms in total. The molecular weight excluding hydrogens is 294 g/mol. The van der Waals surface area contributed by atoms with Gasteiger partial charge in [0.15, 0.2) is 0 Å². The largest absolute Gasteiger partial charge is 0.543 e. The number of carbonyl (C=O) groups excluding carboxylic acids is 1. The number of carbonyl (C=O) groups is 2. The van der Waals surface area contributed by atoms with Crippen LogP contribution in [0.5, 0.6) is 0 Å². The summed E-state index contributed by atoms with van der Waals surface area (Å²) in [5.74, 6) is -2.08. The first-order chi connectivity index (χ1) is 9.90. The van der Waals surface area contributed by atoms with Gasteiger partial charge in [-0.2, -0.15) is 0 Å². The zero-order chi connectivity index (χ0) is 16.5. The molecule has 21 heavy (non-hydrogen) atoms. The monoisotopic (exact) mass is 319 g/mol. The van der Waals surface area contributed by atoms with Crippen LogP contribution in [0.25, 0.3) is 0 Å². The van der Waals surface area contributed by atoms with Crippen molar-refractivity contribution in [3.8, 4) is 0 Å². The third-order valence-corrected chi connectivity index (χ3v) is 5.78. The molecule has 0 saturated heterocycles. The molecule has 0 aromatic rings. The predicted molar refractivity (Wildman–Crippen MR) is 79.4 cm³/mol. The zero-order valence-electron chi connectivity index (χ0n) is 13.1. The van der Waals surface area contributed by atoms with E-state index in [1.807, 2.05) is 6.92 Å². The summed E-state index contributed by atoms with van der Waals surface area (Å²) < 4.78 is 16.8. The van der Waals surface area contributed by atoms with Gasteiger partial charge in [0.1, 0.15) is 0 Å². The quantitative estimate of drug-likeness (QED) is 0.438. The van der Waals surface area contributed by atoms with Crippen LogP contribution in [0.3, 0.4) is 0 Å². The number of nitrogens with two attached hydrogens (primary N) is 1. The molecule has 0 aromatic carbocycles. The lowest BCUT2D eigenvalue weighted by Gasteiger charge is -2.30. The zero-order valence-corrected chi connectivity index (χ0v) is 14.1. The summed E-state index contributed by atoms with van der Waals surface area (Å²) in [5, 5.41) is 9.23. The summed E-state index contributed by atoms with van der Waals surface area (Å²) >= 11 is 0. The normalized spacial score (nSPS) is 13.0. The van der Waals surface area contributed by atoms with Crippen LogP contribution in [-0.4, -0.2) is 45.6 Å². The van der Waals surface area contributed by atoms with Gasteiger partial charge in [-0.3, -0.25) is 4.79 Å². The molecule has 0 atom stereocenters. The van der Waals surface area contributed by atoms with Crippen molar-refractivity contribution in [2.75, 3.05) is 19.8 Å². The first-order valence-corrected chi connectivity index (χ1v) is 8.81. The van der Waals surface area contributed by atoms with Crippen LogP contribution in [-0.2, 0) is 22.9 Å². The van der Waals surface area contributed by atoms with E-state index < -0.39 is 20.7 Å². The maximum absolute atomic E-state index is 11.9. The van der Waals surface area contributed by atoms with Crippen LogP contribution in [0.4, 0.5) is 0 Å². The third-order valence-electron chi connectivity index (χ3n) is 2.62. The Morgan fingerprint density at radius 3 is 1.67 bits per heavy atom. The summed E-state index contributed by atoms with van der Waals surface area (Å²) in [6.45, 7) is 7.65. The maximum atomic E-state index is 11.9. The van der Waals surface area contributed by atoms with Crippen LogP contribution in [0.2, 0.25) is 0 Å². The van der Waals surface area contributed by atoms with Gasteiger partial charge in [0.25, 0.3) is 0 Å². The van der Waals surface area contributed by atoms with Crippen molar-refractivity contribution in [1.82, 2.24) is 0 Å². The molecule has 0 saturated carbocycles. The summed E-state index contributed by atoms with van der Waals surface area (Å²) in [4.78, 5) is 23.4. The van der Waals surface area contributed by atoms with Gasteiger partial charge in [0.05, 0.1) is 5.20 Å². The number of carboxylic acid groups (broad SMARTS) is 1. The lowest BCUT2D eigenvalue weighted by molar-refractivity contribution is -0.133. The molecule has 0 spiro atoms. The third kappa shape index (κ3) is 5.23. The second-order valence-electron chi connectivity index (χ2n) is 4.13. The lowest BCUT2D eigenvalue weighted by Crippen LogP contribution is -2.53. The molecule has 0 aliphatic carbocycles. The second-order valence-corrected chi connectivity index (χ2v) is 6.61. The Balaban J connectivity index is 6.19. The Kier molecular flexibility index (Phi) is 9.10. The van der Waals surface area contributed by atoms with Gasteiger partial charge in [-0.25, -0.2) is 4.79 Å². The van der Waals surface area contributed by atoms with Gasteiger partial charge in [-0.1, -0.05) is 13.3 Å². The van der Waals surface area contributed by atoms with Gasteiger partial charge in [0.2, 0.25) is 5.91 Å². The molecular formula is C13H25NO6Si. The van der Waals surface area contributed by atoms with E-state index in [2.05, 4.69) is 0 Å². The fourth-order valence-electron chi connectivity index (χ4n) is 1.98. The number of primary amides is 1. The highest BCUT2D eigenvalue weighted by atomic mass is 28.4. The van der Waals surface area contributed by atoms with Crippen molar-refractivity contribution >= 4 is 20.7 Å². The van der Waals surface area contributed by atoms with Crippen molar-refractivity contribution in [2.45, 2.75) is 40.5 Å². The molecule has 3 N–H and O–H groups in total. The molecule has 0 bridgehead atoms. The molecule has 0 aliphatic heterocycles. The maximum Gasteiger partial charge on any atom is 0.543 e. The molecule has 0 heterocycles. The van der Waals surface area contributed by atoms with E-state index >= 15 is 0 Å². The topological polar surface area (TPSA) is 108 Å². The van der Waals surface area contributed by atoms with Crippen LogP contribution >= 0.6 is 0 Å². The fourth-order valence-corrected chi connectivity index (χ4v) is 4.71. The van der Waals surface area contributed by atoms with Gasteiger partial charge < -0.3 is 24.1 Å². The summed E-state index contributed by atoms with van der Waals surface area (Å²) in [6.07, 6.45) is 0.739. The Morgan fingerprint density at radius 2 is 1.43 bits per heavy atom. The van der Waals surface area contributed by atoms with E-state index in [-0.39, 0.29) is 37.0 Å². The van der Waals surface area contributed by atoms with Crippen LogP contribution in [0.15, 0.2) is 10.8 Å². The molecule has 0 rings (SSSR count). The van der Waals surface area contributed by atoms with Crippen LogP contribution in [0, 0.1) is 0 Å². The van der Waals surface area contributed by atoms with E-state index in [1.165, 1.54) is 0 Å². The van der Waals surface area contributed by atoms with E-state index in [0.717, 1.165) is 0 Å². The number of hydrogen-bond donors (Lipinski definition) is 2.